The largest absolute Gasteiger partial charge is 0.462 e. The van der Waals surface area contributed by atoms with Crippen LogP contribution in [0.5, 0.6) is 0 Å². The first kappa shape index (κ1) is 18.2. The van der Waals surface area contributed by atoms with Crippen LogP contribution in [0, 0.1) is 5.92 Å². The van der Waals surface area contributed by atoms with Crippen molar-refractivity contribution >= 4 is 11.8 Å². The Labute approximate surface area is 143 Å². The van der Waals surface area contributed by atoms with Crippen LogP contribution in [0.3, 0.4) is 0 Å². The van der Waals surface area contributed by atoms with Crippen LogP contribution in [-0.4, -0.2) is 42.9 Å². The van der Waals surface area contributed by atoms with E-state index >= 15 is 0 Å². The van der Waals surface area contributed by atoms with E-state index in [9.17, 15) is 9.59 Å². The fourth-order valence-electron chi connectivity index (χ4n) is 2.95. The van der Waals surface area contributed by atoms with E-state index in [-0.39, 0.29) is 17.7 Å². The van der Waals surface area contributed by atoms with Crippen LogP contribution in [0.1, 0.15) is 36.5 Å². The Hall–Kier alpha value is -2.14. The van der Waals surface area contributed by atoms with E-state index in [4.69, 9.17) is 10.5 Å². The molecule has 0 amide bonds. The van der Waals surface area contributed by atoms with Crippen LogP contribution in [0.25, 0.3) is 0 Å². The van der Waals surface area contributed by atoms with Gasteiger partial charge in [0.25, 0.3) is 0 Å². The first-order valence-corrected chi connectivity index (χ1v) is 8.48. The Morgan fingerprint density at radius 1 is 1.25 bits per heavy atom. The minimum absolute atomic E-state index is 0.124. The number of likely N-dealkylation sites (tertiary alicyclic amines) is 1. The predicted octanol–water partition coefficient (Wildman–Crippen LogP) is 2.38. The molecular formula is C19H26N2O3. The maximum absolute atomic E-state index is 12.4. The molecule has 5 heteroatoms. The molecule has 0 spiro atoms. The number of allylic oxidation sites excluding steroid dienone is 1. The van der Waals surface area contributed by atoms with Gasteiger partial charge in [-0.3, -0.25) is 4.79 Å². The maximum Gasteiger partial charge on any atom is 0.332 e. The Bertz CT molecular complexity index is 572. The predicted molar refractivity (Wildman–Crippen MR) is 93.5 cm³/mol. The third kappa shape index (κ3) is 5.81. The second kappa shape index (κ2) is 9.23. The molecule has 1 saturated heterocycles. The first-order valence-electron chi connectivity index (χ1n) is 8.48. The van der Waals surface area contributed by atoms with Gasteiger partial charge in [-0.25, -0.2) is 4.79 Å². The number of hydrogen-bond acceptors (Lipinski definition) is 5. The third-order valence-electron chi connectivity index (χ3n) is 4.23. The molecule has 1 heterocycles. The van der Waals surface area contributed by atoms with Gasteiger partial charge >= 0.3 is 5.97 Å². The van der Waals surface area contributed by atoms with Crippen molar-refractivity contribution in [3.05, 3.63) is 47.7 Å². The Morgan fingerprint density at radius 2 is 1.92 bits per heavy atom. The number of ether oxygens (including phenoxy) is 1. The summed E-state index contributed by atoms with van der Waals surface area (Å²) in [6, 6.07) is 9.52. The molecule has 0 aromatic heterocycles. The minimum atomic E-state index is -0.387. The number of carbonyl (C=O) groups excluding carboxylic acids is 2. The number of carbonyl (C=O) groups is 2. The molecule has 1 aromatic rings. The summed E-state index contributed by atoms with van der Waals surface area (Å²) in [5, 5.41) is 0. The van der Waals surface area contributed by atoms with Crippen LogP contribution >= 0.6 is 0 Å². The molecule has 1 aromatic carbocycles. The summed E-state index contributed by atoms with van der Waals surface area (Å²) < 4.78 is 5.08. The van der Waals surface area contributed by atoms with E-state index in [1.54, 1.807) is 6.92 Å². The van der Waals surface area contributed by atoms with Crippen molar-refractivity contribution in [2.75, 3.05) is 26.2 Å². The summed E-state index contributed by atoms with van der Waals surface area (Å²) in [6.07, 6.45) is 3.87. The van der Waals surface area contributed by atoms with Gasteiger partial charge in [0.1, 0.15) is 0 Å². The van der Waals surface area contributed by atoms with Crippen molar-refractivity contribution in [2.45, 2.75) is 26.2 Å². The first-order chi connectivity index (χ1) is 11.6. The molecule has 24 heavy (non-hydrogen) atoms. The molecule has 130 valence electrons. The molecule has 1 fully saturated rings. The molecule has 0 bridgehead atoms. The average molecular weight is 330 g/mol. The second-order valence-electron chi connectivity index (χ2n) is 6.26. The van der Waals surface area contributed by atoms with Crippen LogP contribution in [0.4, 0.5) is 0 Å². The van der Waals surface area contributed by atoms with Crippen LogP contribution in [-0.2, 0) is 9.53 Å². The number of rotatable bonds is 7. The van der Waals surface area contributed by atoms with Gasteiger partial charge in [0.15, 0.2) is 5.78 Å². The smallest absolute Gasteiger partial charge is 0.332 e. The number of nitrogens with two attached hydrogens (primary N) is 1. The molecule has 2 rings (SSSR count). The SMILES string of the molecule is C/C(N)=C/C(=O)OCCCN1CCC(C(=O)c2ccccc2)CC1. The number of nitrogens with zero attached hydrogens (tertiary/aromatic N) is 1. The van der Waals surface area contributed by atoms with E-state index in [0.29, 0.717) is 12.3 Å². The van der Waals surface area contributed by atoms with Crippen molar-refractivity contribution in [2.24, 2.45) is 11.7 Å². The van der Waals surface area contributed by atoms with Crippen molar-refractivity contribution in [1.29, 1.82) is 0 Å². The second-order valence-corrected chi connectivity index (χ2v) is 6.26. The van der Waals surface area contributed by atoms with E-state index in [2.05, 4.69) is 4.90 Å². The fraction of sp³-hybridized carbons (Fsp3) is 0.474. The van der Waals surface area contributed by atoms with Crippen molar-refractivity contribution in [1.82, 2.24) is 4.90 Å². The molecule has 0 atom stereocenters. The van der Waals surface area contributed by atoms with Gasteiger partial charge in [0, 0.05) is 29.8 Å². The van der Waals surface area contributed by atoms with Gasteiger partial charge < -0.3 is 15.4 Å². The molecular weight excluding hydrogens is 304 g/mol. The monoisotopic (exact) mass is 330 g/mol. The Balaban J connectivity index is 1.65. The van der Waals surface area contributed by atoms with E-state index in [1.165, 1.54) is 6.08 Å². The molecule has 2 N–H and O–H groups in total. The molecule has 0 unspecified atom stereocenters. The topological polar surface area (TPSA) is 72.6 Å². The van der Waals surface area contributed by atoms with Gasteiger partial charge in [0.2, 0.25) is 0 Å². The number of hydrogen-bond donors (Lipinski definition) is 1. The zero-order valence-electron chi connectivity index (χ0n) is 14.2. The highest BCUT2D eigenvalue weighted by Crippen LogP contribution is 2.21. The molecule has 0 aliphatic carbocycles. The van der Waals surface area contributed by atoms with Crippen molar-refractivity contribution < 1.29 is 14.3 Å². The average Bonchev–Trinajstić information content (AvgIpc) is 2.59. The lowest BCUT2D eigenvalue weighted by Gasteiger charge is -2.31. The molecule has 0 radical (unpaired) electrons. The molecule has 1 aliphatic rings. The lowest BCUT2D eigenvalue weighted by Crippen LogP contribution is -2.37. The summed E-state index contributed by atoms with van der Waals surface area (Å²) in [5.41, 5.74) is 6.68. The van der Waals surface area contributed by atoms with Crippen molar-refractivity contribution in [3.63, 3.8) is 0 Å². The van der Waals surface area contributed by atoms with Crippen LogP contribution in [0.2, 0.25) is 0 Å². The lowest BCUT2D eigenvalue weighted by molar-refractivity contribution is -0.138. The summed E-state index contributed by atoms with van der Waals surface area (Å²) in [7, 11) is 0. The minimum Gasteiger partial charge on any atom is -0.462 e. The summed E-state index contributed by atoms with van der Waals surface area (Å²) in [6.45, 7) is 4.76. The zero-order chi connectivity index (χ0) is 17.4. The fourth-order valence-corrected chi connectivity index (χ4v) is 2.95. The van der Waals surface area contributed by atoms with Crippen LogP contribution < -0.4 is 5.73 Å². The summed E-state index contributed by atoms with van der Waals surface area (Å²) in [5.74, 6) is -0.00516. The molecule has 0 saturated carbocycles. The summed E-state index contributed by atoms with van der Waals surface area (Å²) in [4.78, 5) is 26.1. The highest BCUT2D eigenvalue weighted by molar-refractivity contribution is 5.97. The van der Waals surface area contributed by atoms with Gasteiger partial charge in [-0.1, -0.05) is 30.3 Å². The third-order valence-corrected chi connectivity index (χ3v) is 4.23. The van der Waals surface area contributed by atoms with Gasteiger partial charge in [-0.15, -0.1) is 0 Å². The Morgan fingerprint density at radius 3 is 2.54 bits per heavy atom. The van der Waals surface area contributed by atoms with E-state index in [1.807, 2.05) is 30.3 Å². The standard InChI is InChI=1S/C19H26N2O3/c1-15(20)14-18(22)24-13-5-10-21-11-8-17(9-12-21)19(23)16-6-3-2-4-7-16/h2-4,6-7,14,17H,5,8-13,20H2,1H3/b15-14-. The summed E-state index contributed by atoms with van der Waals surface area (Å²) >= 11 is 0. The van der Waals surface area contributed by atoms with E-state index in [0.717, 1.165) is 44.5 Å². The number of ketones is 1. The highest BCUT2D eigenvalue weighted by atomic mass is 16.5. The highest BCUT2D eigenvalue weighted by Gasteiger charge is 2.25. The van der Waals surface area contributed by atoms with Crippen molar-refractivity contribution in [3.8, 4) is 0 Å². The van der Waals surface area contributed by atoms with Gasteiger partial charge in [0.05, 0.1) is 6.61 Å². The number of Topliss-reactive ketones (excluding diaryl/α,β-unsaturated/α-hetero) is 1. The number of esters is 1. The zero-order valence-corrected chi connectivity index (χ0v) is 14.2. The number of benzene rings is 1. The van der Waals surface area contributed by atoms with Gasteiger partial charge in [-0.2, -0.15) is 0 Å². The van der Waals surface area contributed by atoms with E-state index < -0.39 is 0 Å². The normalized spacial score (nSPS) is 16.8. The quantitative estimate of drug-likeness (QED) is 0.360. The maximum atomic E-state index is 12.4. The lowest BCUT2D eigenvalue weighted by atomic mass is 9.89. The van der Waals surface area contributed by atoms with Gasteiger partial charge in [-0.05, 0) is 39.3 Å². The Kier molecular flexibility index (Phi) is 7.00. The van der Waals surface area contributed by atoms with Crippen LogP contribution in [0.15, 0.2) is 42.1 Å². The molecule has 1 aliphatic heterocycles. The number of piperidine rings is 1. The molecule has 5 nitrogen and oxygen atoms in total.